The molecule has 2 aromatic rings. The van der Waals surface area contributed by atoms with Crippen molar-refractivity contribution >= 4 is 27.3 Å². The van der Waals surface area contributed by atoms with E-state index in [9.17, 15) is 13.2 Å². The van der Waals surface area contributed by atoms with Crippen molar-refractivity contribution in [3.63, 3.8) is 0 Å². The Morgan fingerprint density at radius 3 is 2.70 bits per heavy atom. The molecule has 0 aliphatic carbocycles. The minimum absolute atomic E-state index is 0.135. The number of rotatable bonds is 7. The molecule has 3 rings (SSSR count). The zero-order chi connectivity index (χ0) is 19.3. The van der Waals surface area contributed by atoms with E-state index in [0.717, 1.165) is 24.2 Å². The highest BCUT2D eigenvalue weighted by molar-refractivity contribution is 7.91. The molecule has 2 heterocycles. The number of hydrogen-bond acceptors (Lipinski definition) is 5. The second kappa shape index (κ2) is 8.86. The van der Waals surface area contributed by atoms with E-state index in [0.29, 0.717) is 23.7 Å². The van der Waals surface area contributed by atoms with Gasteiger partial charge < -0.3 is 10.1 Å². The predicted molar refractivity (Wildman–Crippen MR) is 105 cm³/mol. The maximum Gasteiger partial charge on any atom is 0.252 e. The van der Waals surface area contributed by atoms with E-state index in [2.05, 4.69) is 5.32 Å². The number of benzene rings is 1. The number of piperidine rings is 1. The van der Waals surface area contributed by atoms with Gasteiger partial charge in [0.25, 0.3) is 10.0 Å². The Bertz CT molecular complexity index is 848. The zero-order valence-electron chi connectivity index (χ0n) is 15.3. The molecule has 1 atom stereocenters. The molecule has 0 spiro atoms. The quantitative estimate of drug-likeness (QED) is 0.764. The van der Waals surface area contributed by atoms with E-state index in [-0.39, 0.29) is 18.4 Å². The van der Waals surface area contributed by atoms with Gasteiger partial charge in [0.2, 0.25) is 5.91 Å². The van der Waals surface area contributed by atoms with Gasteiger partial charge in [-0.15, -0.1) is 11.3 Å². The molecule has 27 heavy (non-hydrogen) atoms. The molecule has 1 aromatic carbocycles. The SMILES string of the molecule is COc1ccc(CNC(=O)CC2CCCCN2S(=O)(=O)c2cccs2)cc1. The van der Waals surface area contributed by atoms with Crippen molar-refractivity contribution in [2.24, 2.45) is 0 Å². The van der Waals surface area contributed by atoms with Gasteiger partial charge in [-0.05, 0) is 42.0 Å². The van der Waals surface area contributed by atoms with Crippen LogP contribution in [0.15, 0.2) is 46.0 Å². The summed E-state index contributed by atoms with van der Waals surface area (Å²) in [5, 5.41) is 4.65. The normalized spacial score (nSPS) is 18.2. The van der Waals surface area contributed by atoms with Gasteiger partial charge in [0.1, 0.15) is 9.96 Å². The molecule has 1 amide bonds. The number of carbonyl (C=O) groups is 1. The van der Waals surface area contributed by atoms with Crippen molar-refractivity contribution in [3.8, 4) is 5.75 Å². The fourth-order valence-electron chi connectivity index (χ4n) is 3.25. The second-order valence-electron chi connectivity index (χ2n) is 6.53. The molecule has 0 saturated carbocycles. The Morgan fingerprint density at radius 1 is 1.26 bits per heavy atom. The third-order valence-electron chi connectivity index (χ3n) is 4.70. The number of nitrogens with zero attached hydrogens (tertiary/aromatic N) is 1. The van der Waals surface area contributed by atoms with Gasteiger partial charge in [0.15, 0.2) is 0 Å². The summed E-state index contributed by atoms with van der Waals surface area (Å²) >= 11 is 1.21. The third-order valence-corrected chi connectivity index (χ3v) is 8.03. The Morgan fingerprint density at radius 2 is 2.04 bits per heavy atom. The van der Waals surface area contributed by atoms with Gasteiger partial charge in [-0.25, -0.2) is 8.42 Å². The van der Waals surface area contributed by atoms with Crippen molar-refractivity contribution < 1.29 is 17.9 Å². The fourth-order valence-corrected chi connectivity index (χ4v) is 6.06. The highest BCUT2D eigenvalue weighted by atomic mass is 32.2. The topological polar surface area (TPSA) is 75.7 Å². The van der Waals surface area contributed by atoms with Crippen molar-refractivity contribution in [3.05, 3.63) is 47.3 Å². The van der Waals surface area contributed by atoms with E-state index < -0.39 is 10.0 Å². The number of sulfonamides is 1. The first kappa shape index (κ1) is 19.9. The lowest BCUT2D eigenvalue weighted by atomic mass is 10.0. The van der Waals surface area contributed by atoms with Gasteiger partial charge in [-0.1, -0.05) is 24.6 Å². The first-order chi connectivity index (χ1) is 13.0. The van der Waals surface area contributed by atoms with Crippen molar-refractivity contribution in [2.45, 2.75) is 42.5 Å². The molecule has 1 aromatic heterocycles. The Hall–Kier alpha value is -1.90. The lowest BCUT2D eigenvalue weighted by molar-refractivity contribution is -0.122. The van der Waals surface area contributed by atoms with E-state index >= 15 is 0 Å². The molecule has 1 aliphatic rings. The van der Waals surface area contributed by atoms with Crippen molar-refractivity contribution in [1.29, 1.82) is 0 Å². The zero-order valence-corrected chi connectivity index (χ0v) is 16.9. The number of carbonyl (C=O) groups excluding carboxylic acids is 1. The number of ether oxygens (including phenoxy) is 1. The van der Waals surface area contributed by atoms with Crippen LogP contribution < -0.4 is 10.1 Å². The van der Waals surface area contributed by atoms with Crippen molar-refractivity contribution in [1.82, 2.24) is 9.62 Å². The fraction of sp³-hybridized carbons (Fsp3) is 0.421. The minimum atomic E-state index is -3.53. The highest BCUT2D eigenvalue weighted by Crippen LogP contribution is 2.29. The van der Waals surface area contributed by atoms with E-state index in [1.165, 1.54) is 15.6 Å². The molecule has 1 saturated heterocycles. The predicted octanol–water partition coefficient (Wildman–Crippen LogP) is 3.01. The van der Waals surface area contributed by atoms with Crippen LogP contribution in [0.3, 0.4) is 0 Å². The van der Waals surface area contributed by atoms with Crippen LogP contribution in [0.2, 0.25) is 0 Å². The summed E-state index contributed by atoms with van der Waals surface area (Å²) in [4.78, 5) is 12.4. The van der Waals surface area contributed by atoms with Crippen LogP contribution in [0.5, 0.6) is 5.75 Å². The molecule has 6 nitrogen and oxygen atoms in total. The lowest BCUT2D eigenvalue weighted by Crippen LogP contribution is -2.45. The maximum absolute atomic E-state index is 12.9. The Kier molecular flexibility index (Phi) is 6.51. The van der Waals surface area contributed by atoms with Gasteiger partial charge in [-0.2, -0.15) is 4.31 Å². The first-order valence-corrected chi connectivity index (χ1v) is 11.3. The molecule has 1 N–H and O–H groups in total. The van der Waals surface area contributed by atoms with E-state index in [4.69, 9.17) is 4.74 Å². The molecule has 8 heteroatoms. The highest BCUT2D eigenvalue weighted by Gasteiger charge is 2.35. The number of thiophene rings is 1. The molecule has 146 valence electrons. The molecule has 0 bridgehead atoms. The third kappa shape index (κ3) is 4.88. The van der Waals surface area contributed by atoms with Gasteiger partial charge in [-0.3, -0.25) is 4.79 Å². The van der Waals surface area contributed by atoms with Crippen LogP contribution in [-0.2, 0) is 21.4 Å². The monoisotopic (exact) mass is 408 g/mol. The largest absolute Gasteiger partial charge is 0.497 e. The molecule has 1 unspecified atom stereocenters. The molecule has 1 fully saturated rings. The Balaban J connectivity index is 1.61. The number of methoxy groups -OCH3 is 1. The summed E-state index contributed by atoms with van der Waals surface area (Å²) in [6, 6.07) is 10.5. The minimum Gasteiger partial charge on any atom is -0.497 e. The summed E-state index contributed by atoms with van der Waals surface area (Å²) in [7, 11) is -1.92. The lowest BCUT2D eigenvalue weighted by Gasteiger charge is -2.34. The van der Waals surface area contributed by atoms with Crippen molar-refractivity contribution in [2.75, 3.05) is 13.7 Å². The smallest absolute Gasteiger partial charge is 0.252 e. The van der Waals surface area contributed by atoms with Gasteiger partial charge >= 0.3 is 0 Å². The average molecular weight is 409 g/mol. The Labute approximate surface area is 164 Å². The molecule has 1 aliphatic heterocycles. The summed E-state index contributed by atoms with van der Waals surface area (Å²) < 4.78 is 32.7. The maximum atomic E-state index is 12.9. The average Bonchev–Trinajstić information content (AvgIpc) is 3.23. The molecule has 0 radical (unpaired) electrons. The first-order valence-electron chi connectivity index (χ1n) is 8.95. The van der Waals surface area contributed by atoms with Crippen LogP contribution in [0.4, 0.5) is 0 Å². The summed E-state index contributed by atoms with van der Waals surface area (Å²) in [5.41, 5.74) is 0.968. The molecular formula is C19H24N2O4S2. The van der Waals surface area contributed by atoms with Crippen LogP contribution in [-0.4, -0.2) is 38.3 Å². The number of hydrogen-bond donors (Lipinski definition) is 1. The van der Waals surface area contributed by atoms with Crippen LogP contribution in [0.25, 0.3) is 0 Å². The van der Waals surface area contributed by atoms with Crippen LogP contribution in [0, 0.1) is 0 Å². The number of nitrogens with one attached hydrogen (secondary N) is 1. The summed E-state index contributed by atoms with van der Waals surface area (Å²) in [6.45, 7) is 0.879. The van der Waals surface area contributed by atoms with E-state index in [1.807, 2.05) is 24.3 Å². The number of amides is 1. The summed E-state index contributed by atoms with van der Waals surface area (Å²) in [5.74, 6) is 0.630. The van der Waals surface area contributed by atoms with Gasteiger partial charge in [0, 0.05) is 25.6 Å². The molecular weight excluding hydrogens is 384 g/mol. The van der Waals surface area contributed by atoms with Crippen LogP contribution in [0.1, 0.15) is 31.2 Å². The second-order valence-corrected chi connectivity index (χ2v) is 9.59. The standard InChI is InChI=1S/C19H24N2O4S2/c1-25-17-9-7-15(8-10-17)14-20-18(22)13-16-5-2-3-11-21(16)27(23,24)19-6-4-12-26-19/h4,6-10,12,16H,2-3,5,11,13-14H2,1H3,(H,20,22). The van der Waals surface area contributed by atoms with E-state index in [1.54, 1.807) is 24.6 Å². The summed E-state index contributed by atoms with van der Waals surface area (Å²) in [6.07, 6.45) is 2.66. The van der Waals surface area contributed by atoms with Gasteiger partial charge in [0.05, 0.1) is 7.11 Å². The van der Waals surface area contributed by atoms with Crippen LogP contribution >= 0.6 is 11.3 Å².